The van der Waals surface area contributed by atoms with E-state index >= 15 is 0 Å². The second-order valence-corrected chi connectivity index (χ2v) is 4.58. The standard InChI is InChI=1S/C12H17N5O2/c1-4-7(2)11(12(18)19)13-9-5-6-10-15-14-8(3)17(10)16-9/h5-7,11H,4H2,1-3H3,(H,13,16)(H,18,19)/t7-,11-/m0/s1. The first kappa shape index (κ1) is 13.3. The summed E-state index contributed by atoms with van der Waals surface area (Å²) in [5.74, 6) is 0.297. The molecule has 0 spiro atoms. The molecule has 102 valence electrons. The van der Waals surface area contributed by atoms with Gasteiger partial charge in [0.2, 0.25) is 0 Å². The molecule has 0 bridgehead atoms. The molecule has 0 radical (unpaired) electrons. The molecule has 7 heteroatoms. The molecule has 2 rings (SSSR count). The van der Waals surface area contributed by atoms with Crippen molar-refractivity contribution >= 4 is 17.4 Å². The maximum Gasteiger partial charge on any atom is 0.326 e. The number of aliphatic carboxylic acids is 1. The van der Waals surface area contributed by atoms with Gasteiger partial charge in [0.05, 0.1) is 0 Å². The van der Waals surface area contributed by atoms with Gasteiger partial charge in [-0.3, -0.25) is 0 Å². The third kappa shape index (κ3) is 2.64. The zero-order chi connectivity index (χ0) is 14.0. The largest absolute Gasteiger partial charge is 0.480 e. The normalized spacial score (nSPS) is 14.3. The van der Waals surface area contributed by atoms with Crippen LogP contribution in [-0.4, -0.2) is 36.9 Å². The second-order valence-electron chi connectivity index (χ2n) is 4.58. The Balaban J connectivity index is 2.28. The fourth-order valence-electron chi connectivity index (χ4n) is 1.82. The minimum atomic E-state index is -0.878. The Morgan fingerprint density at radius 3 is 2.84 bits per heavy atom. The average molecular weight is 263 g/mol. The summed E-state index contributed by atoms with van der Waals surface area (Å²) in [4.78, 5) is 11.3. The van der Waals surface area contributed by atoms with Crippen LogP contribution in [-0.2, 0) is 4.79 Å². The zero-order valence-corrected chi connectivity index (χ0v) is 11.2. The van der Waals surface area contributed by atoms with E-state index in [0.717, 1.165) is 6.42 Å². The number of hydrogen-bond donors (Lipinski definition) is 2. The Labute approximate surface area is 110 Å². The molecular formula is C12H17N5O2. The van der Waals surface area contributed by atoms with Gasteiger partial charge in [-0.25, -0.2) is 4.79 Å². The number of carbonyl (C=O) groups is 1. The lowest BCUT2D eigenvalue weighted by atomic mass is 9.99. The fraction of sp³-hybridized carbons (Fsp3) is 0.500. The number of nitrogens with zero attached hydrogens (tertiary/aromatic N) is 4. The van der Waals surface area contributed by atoms with Crippen molar-refractivity contribution in [2.75, 3.05) is 5.32 Å². The maximum atomic E-state index is 11.3. The molecule has 0 aliphatic heterocycles. The Morgan fingerprint density at radius 2 is 2.21 bits per heavy atom. The molecule has 0 aromatic carbocycles. The number of rotatable bonds is 5. The molecule has 7 nitrogen and oxygen atoms in total. The first-order valence-electron chi connectivity index (χ1n) is 6.21. The monoisotopic (exact) mass is 263 g/mol. The summed E-state index contributed by atoms with van der Waals surface area (Å²) in [6, 6.07) is 2.80. The summed E-state index contributed by atoms with van der Waals surface area (Å²) in [7, 11) is 0. The molecule has 2 aromatic heterocycles. The van der Waals surface area contributed by atoms with Crippen molar-refractivity contribution in [1.29, 1.82) is 0 Å². The summed E-state index contributed by atoms with van der Waals surface area (Å²) < 4.78 is 1.58. The number of carboxylic acid groups (broad SMARTS) is 1. The van der Waals surface area contributed by atoms with E-state index < -0.39 is 12.0 Å². The number of nitrogens with one attached hydrogen (secondary N) is 1. The SMILES string of the molecule is CC[C@H](C)[C@H](Nc1ccc2nnc(C)n2n1)C(=O)O. The van der Waals surface area contributed by atoms with Crippen LogP contribution in [0.25, 0.3) is 5.65 Å². The zero-order valence-electron chi connectivity index (χ0n) is 11.2. The highest BCUT2D eigenvalue weighted by Crippen LogP contribution is 2.14. The molecule has 2 atom stereocenters. The Bertz CT molecular complexity index is 595. The van der Waals surface area contributed by atoms with Gasteiger partial charge in [-0.1, -0.05) is 20.3 Å². The first-order chi connectivity index (χ1) is 9.02. The molecule has 19 heavy (non-hydrogen) atoms. The van der Waals surface area contributed by atoms with Crippen LogP contribution in [0.2, 0.25) is 0 Å². The van der Waals surface area contributed by atoms with Crippen molar-refractivity contribution < 1.29 is 9.90 Å². The van der Waals surface area contributed by atoms with Gasteiger partial charge in [0.25, 0.3) is 0 Å². The Morgan fingerprint density at radius 1 is 1.47 bits per heavy atom. The van der Waals surface area contributed by atoms with Crippen molar-refractivity contribution in [3.05, 3.63) is 18.0 Å². The van der Waals surface area contributed by atoms with E-state index in [1.165, 1.54) is 0 Å². The lowest BCUT2D eigenvalue weighted by Crippen LogP contribution is -2.35. The van der Waals surface area contributed by atoms with Gasteiger partial charge in [0, 0.05) is 0 Å². The number of hydrogen-bond acceptors (Lipinski definition) is 5. The summed E-state index contributed by atoms with van der Waals surface area (Å²) in [5.41, 5.74) is 0.637. The molecule has 0 saturated carbocycles. The van der Waals surface area contributed by atoms with Crippen LogP contribution in [0.3, 0.4) is 0 Å². The van der Waals surface area contributed by atoms with Crippen molar-refractivity contribution in [3.8, 4) is 0 Å². The highest BCUT2D eigenvalue weighted by molar-refractivity contribution is 5.77. The van der Waals surface area contributed by atoms with Crippen molar-refractivity contribution in [3.63, 3.8) is 0 Å². The quantitative estimate of drug-likeness (QED) is 0.845. The molecule has 2 heterocycles. The minimum Gasteiger partial charge on any atom is -0.480 e. The van der Waals surface area contributed by atoms with Crippen LogP contribution in [0.4, 0.5) is 5.82 Å². The van der Waals surface area contributed by atoms with Gasteiger partial charge in [0.15, 0.2) is 11.5 Å². The maximum absolute atomic E-state index is 11.3. The van der Waals surface area contributed by atoms with Crippen LogP contribution >= 0.6 is 0 Å². The molecule has 0 aliphatic carbocycles. The Hall–Kier alpha value is -2.18. The predicted molar refractivity (Wildman–Crippen MR) is 70.0 cm³/mol. The summed E-state index contributed by atoms with van der Waals surface area (Å²) >= 11 is 0. The Kier molecular flexibility index (Phi) is 3.64. The highest BCUT2D eigenvalue weighted by Gasteiger charge is 2.23. The smallest absolute Gasteiger partial charge is 0.326 e. The van der Waals surface area contributed by atoms with Gasteiger partial charge in [-0.2, -0.15) is 4.52 Å². The molecular weight excluding hydrogens is 246 g/mol. The lowest BCUT2D eigenvalue weighted by molar-refractivity contribution is -0.139. The third-order valence-electron chi connectivity index (χ3n) is 3.20. The van der Waals surface area contributed by atoms with Gasteiger partial charge in [0.1, 0.15) is 11.9 Å². The van der Waals surface area contributed by atoms with E-state index in [9.17, 15) is 9.90 Å². The van der Waals surface area contributed by atoms with Crippen LogP contribution in [0.5, 0.6) is 0 Å². The van der Waals surface area contributed by atoms with Crippen molar-refractivity contribution in [1.82, 2.24) is 19.8 Å². The fourth-order valence-corrected chi connectivity index (χ4v) is 1.82. The first-order valence-corrected chi connectivity index (χ1v) is 6.21. The van der Waals surface area contributed by atoms with E-state index in [4.69, 9.17) is 0 Å². The van der Waals surface area contributed by atoms with Gasteiger partial charge in [-0.15, -0.1) is 15.3 Å². The number of fused-ring (bicyclic) bond motifs is 1. The average Bonchev–Trinajstić information content (AvgIpc) is 2.76. The summed E-state index contributed by atoms with van der Waals surface area (Å²) in [6.45, 7) is 5.65. The molecule has 0 saturated heterocycles. The molecule has 0 aliphatic rings. The van der Waals surface area contributed by atoms with Crippen molar-refractivity contribution in [2.24, 2.45) is 5.92 Å². The van der Waals surface area contributed by atoms with Gasteiger partial charge < -0.3 is 10.4 Å². The lowest BCUT2D eigenvalue weighted by Gasteiger charge is -2.20. The second kappa shape index (κ2) is 5.21. The van der Waals surface area contributed by atoms with E-state index in [2.05, 4.69) is 20.6 Å². The highest BCUT2D eigenvalue weighted by atomic mass is 16.4. The summed E-state index contributed by atoms with van der Waals surface area (Å²) in [5, 5.41) is 24.3. The number of aromatic nitrogens is 4. The molecule has 2 aromatic rings. The van der Waals surface area contributed by atoms with Crippen LogP contribution < -0.4 is 5.32 Å². The van der Waals surface area contributed by atoms with E-state index in [1.807, 2.05) is 13.8 Å². The third-order valence-corrected chi connectivity index (χ3v) is 3.20. The van der Waals surface area contributed by atoms with E-state index in [0.29, 0.717) is 17.3 Å². The molecule has 0 unspecified atom stereocenters. The van der Waals surface area contributed by atoms with Crippen LogP contribution in [0.1, 0.15) is 26.1 Å². The number of aryl methyl sites for hydroxylation is 1. The molecule has 0 amide bonds. The van der Waals surface area contributed by atoms with Gasteiger partial charge >= 0.3 is 5.97 Å². The summed E-state index contributed by atoms with van der Waals surface area (Å²) in [6.07, 6.45) is 0.776. The number of anilines is 1. The van der Waals surface area contributed by atoms with Crippen LogP contribution in [0, 0.1) is 12.8 Å². The van der Waals surface area contributed by atoms with Crippen LogP contribution in [0.15, 0.2) is 12.1 Å². The number of carboxylic acids is 1. The topological polar surface area (TPSA) is 92.4 Å². The van der Waals surface area contributed by atoms with Gasteiger partial charge in [-0.05, 0) is 25.0 Å². The minimum absolute atomic E-state index is 0.0111. The van der Waals surface area contributed by atoms with E-state index in [-0.39, 0.29) is 5.92 Å². The molecule has 2 N–H and O–H groups in total. The van der Waals surface area contributed by atoms with Crippen molar-refractivity contribution in [2.45, 2.75) is 33.2 Å². The predicted octanol–water partition coefficient (Wildman–Crippen LogP) is 1.34. The molecule has 0 fully saturated rings. The van der Waals surface area contributed by atoms with E-state index in [1.54, 1.807) is 23.6 Å².